The number of benzene rings is 1. The normalized spacial score (nSPS) is 23.3. The second-order valence-electron chi connectivity index (χ2n) is 7.07. The molecule has 2 aliphatic rings. The molecule has 0 spiro atoms. The fourth-order valence-corrected chi connectivity index (χ4v) is 3.86. The van der Waals surface area contributed by atoms with E-state index in [1.165, 1.54) is 0 Å². The standard InChI is InChI=1S/C19H23N5O3/c1-22-9-14(17(21-22)13-5-3-2-4-6-13)10-23-7-8-24-16(11-23)18(26)20-15(12-25)19(24)27/h2-6,9,15-16,25H,7-8,10-12H2,1H3,(H,20,26)/t15-,16+/m0/s1. The number of rotatable bonds is 4. The highest BCUT2D eigenvalue weighted by atomic mass is 16.3. The predicted octanol–water partition coefficient (Wildman–Crippen LogP) is -0.409. The van der Waals surface area contributed by atoms with Crippen molar-refractivity contribution < 1.29 is 14.7 Å². The molecule has 2 atom stereocenters. The first-order valence-electron chi connectivity index (χ1n) is 9.09. The van der Waals surface area contributed by atoms with Crippen molar-refractivity contribution in [2.75, 3.05) is 26.2 Å². The lowest BCUT2D eigenvalue weighted by Gasteiger charge is -2.45. The number of aliphatic hydroxyl groups excluding tert-OH is 1. The number of carbonyl (C=O) groups excluding carboxylic acids is 2. The Bertz CT molecular complexity index is 850. The maximum Gasteiger partial charge on any atom is 0.248 e. The molecule has 4 rings (SSSR count). The van der Waals surface area contributed by atoms with Crippen molar-refractivity contribution in [3.8, 4) is 11.3 Å². The number of amides is 2. The molecule has 0 bridgehead atoms. The van der Waals surface area contributed by atoms with Gasteiger partial charge in [-0.1, -0.05) is 30.3 Å². The van der Waals surface area contributed by atoms with Gasteiger partial charge < -0.3 is 15.3 Å². The number of hydrogen-bond acceptors (Lipinski definition) is 5. The van der Waals surface area contributed by atoms with Crippen molar-refractivity contribution in [2.45, 2.75) is 18.6 Å². The summed E-state index contributed by atoms with van der Waals surface area (Å²) >= 11 is 0. The summed E-state index contributed by atoms with van der Waals surface area (Å²) in [5, 5.41) is 16.5. The summed E-state index contributed by atoms with van der Waals surface area (Å²) in [7, 11) is 1.90. The minimum absolute atomic E-state index is 0.201. The molecule has 2 saturated heterocycles. The number of aliphatic hydroxyl groups is 1. The minimum atomic E-state index is -0.816. The number of fused-ring (bicyclic) bond motifs is 1. The van der Waals surface area contributed by atoms with E-state index >= 15 is 0 Å². The quantitative estimate of drug-likeness (QED) is 0.765. The molecule has 8 heteroatoms. The van der Waals surface area contributed by atoms with Crippen molar-refractivity contribution in [1.82, 2.24) is 24.9 Å². The Kier molecular flexibility index (Phi) is 4.67. The van der Waals surface area contributed by atoms with Gasteiger partial charge in [0.15, 0.2) is 0 Å². The maximum absolute atomic E-state index is 12.4. The molecule has 1 aromatic carbocycles. The van der Waals surface area contributed by atoms with Gasteiger partial charge in [0.05, 0.1) is 12.3 Å². The van der Waals surface area contributed by atoms with Crippen LogP contribution in [0.4, 0.5) is 0 Å². The van der Waals surface area contributed by atoms with Crippen molar-refractivity contribution in [3.05, 3.63) is 42.1 Å². The van der Waals surface area contributed by atoms with Crippen LogP contribution in [0.5, 0.6) is 0 Å². The number of nitrogens with one attached hydrogen (secondary N) is 1. The van der Waals surface area contributed by atoms with E-state index in [2.05, 4.69) is 15.3 Å². The minimum Gasteiger partial charge on any atom is -0.394 e. The summed E-state index contributed by atoms with van der Waals surface area (Å²) in [5.41, 5.74) is 3.08. The predicted molar refractivity (Wildman–Crippen MR) is 98.4 cm³/mol. The average Bonchev–Trinajstić information content (AvgIpc) is 3.05. The molecule has 2 amide bonds. The highest BCUT2D eigenvalue weighted by Crippen LogP contribution is 2.24. The van der Waals surface area contributed by atoms with Gasteiger partial charge >= 0.3 is 0 Å². The first-order valence-corrected chi connectivity index (χ1v) is 9.09. The molecule has 0 unspecified atom stereocenters. The molecule has 0 radical (unpaired) electrons. The van der Waals surface area contributed by atoms with E-state index in [9.17, 15) is 14.7 Å². The summed E-state index contributed by atoms with van der Waals surface area (Å²) in [4.78, 5) is 28.5. The van der Waals surface area contributed by atoms with Crippen LogP contribution >= 0.6 is 0 Å². The highest BCUT2D eigenvalue weighted by molar-refractivity contribution is 5.97. The fourth-order valence-electron chi connectivity index (χ4n) is 3.86. The molecular weight excluding hydrogens is 346 g/mol. The van der Waals surface area contributed by atoms with Gasteiger partial charge in [0, 0.05) is 50.6 Å². The van der Waals surface area contributed by atoms with E-state index in [4.69, 9.17) is 0 Å². The zero-order valence-corrected chi connectivity index (χ0v) is 15.2. The Hall–Kier alpha value is -2.71. The summed E-state index contributed by atoms with van der Waals surface area (Å²) in [6.45, 7) is 1.92. The number of aromatic nitrogens is 2. The topological polar surface area (TPSA) is 90.7 Å². The molecule has 1 aromatic heterocycles. The molecule has 27 heavy (non-hydrogen) atoms. The van der Waals surface area contributed by atoms with E-state index in [1.54, 1.807) is 9.58 Å². The van der Waals surface area contributed by atoms with Gasteiger partial charge in [-0.2, -0.15) is 5.10 Å². The van der Waals surface area contributed by atoms with Gasteiger partial charge in [0.2, 0.25) is 11.8 Å². The van der Waals surface area contributed by atoms with Gasteiger partial charge in [-0.05, 0) is 0 Å². The third-order valence-corrected chi connectivity index (χ3v) is 5.19. The summed E-state index contributed by atoms with van der Waals surface area (Å²) in [6, 6.07) is 8.70. The number of piperazine rings is 2. The molecule has 2 aromatic rings. The monoisotopic (exact) mass is 369 g/mol. The molecule has 0 saturated carbocycles. The summed E-state index contributed by atoms with van der Waals surface area (Å²) in [5.74, 6) is -0.402. The third-order valence-electron chi connectivity index (χ3n) is 5.19. The average molecular weight is 369 g/mol. The molecule has 3 heterocycles. The lowest BCUT2D eigenvalue weighted by Crippen LogP contribution is -2.69. The van der Waals surface area contributed by atoms with Crippen LogP contribution in [-0.2, 0) is 23.2 Å². The number of nitrogens with zero attached hydrogens (tertiary/aromatic N) is 4. The van der Waals surface area contributed by atoms with Crippen LogP contribution in [0.1, 0.15) is 5.56 Å². The van der Waals surface area contributed by atoms with Crippen LogP contribution in [0.3, 0.4) is 0 Å². The molecule has 2 N–H and O–H groups in total. The molecule has 2 aliphatic heterocycles. The van der Waals surface area contributed by atoms with E-state index in [1.807, 2.05) is 43.6 Å². The van der Waals surface area contributed by atoms with E-state index < -0.39 is 12.1 Å². The molecule has 0 aliphatic carbocycles. The van der Waals surface area contributed by atoms with Crippen LogP contribution in [0.15, 0.2) is 36.5 Å². The fraction of sp³-hybridized carbons (Fsp3) is 0.421. The molecule has 8 nitrogen and oxygen atoms in total. The zero-order valence-electron chi connectivity index (χ0n) is 15.2. The second-order valence-corrected chi connectivity index (χ2v) is 7.07. The van der Waals surface area contributed by atoms with Crippen molar-refractivity contribution >= 4 is 11.8 Å². The smallest absolute Gasteiger partial charge is 0.248 e. The number of aryl methyl sites for hydroxylation is 1. The molecule has 142 valence electrons. The van der Waals surface area contributed by atoms with Crippen LogP contribution in [0.25, 0.3) is 11.3 Å². The van der Waals surface area contributed by atoms with Crippen molar-refractivity contribution in [2.24, 2.45) is 7.05 Å². The van der Waals surface area contributed by atoms with E-state index in [0.717, 1.165) is 16.8 Å². The van der Waals surface area contributed by atoms with Gasteiger partial charge in [0.25, 0.3) is 0 Å². The van der Waals surface area contributed by atoms with Crippen molar-refractivity contribution in [1.29, 1.82) is 0 Å². The highest BCUT2D eigenvalue weighted by Gasteiger charge is 2.43. The molecular formula is C19H23N5O3. The third kappa shape index (κ3) is 3.33. The van der Waals surface area contributed by atoms with E-state index in [-0.39, 0.29) is 18.4 Å². The lowest BCUT2D eigenvalue weighted by atomic mass is 10.0. The van der Waals surface area contributed by atoms with Gasteiger partial charge in [0.1, 0.15) is 12.1 Å². The maximum atomic E-state index is 12.4. The Morgan fingerprint density at radius 3 is 2.74 bits per heavy atom. The van der Waals surface area contributed by atoms with Gasteiger partial charge in [-0.25, -0.2) is 0 Å². The Morgan fingerprint density at radius 1 is 1.22 bits per heavy atom. The van der Waals surface area contributed by atoms with Gasteiger partial charge in [-0.15, -0.1) is 0 Å². The number of hydrogen-bond donors (Lipinski definition) is 2. The zero-order chi connectivity index (χ0) is 19.0. The van der Waals surface area contributed by atoms with E-state index in [0.29, 0.717) is 26.2 Å². The summed E-state index contributed by atoms with van der Waals surface area (Å²) in [6.07, 6.45) is 2.00. The van der Waals surface area contributed by atoms with Crippen LogP contribution in [-0.4, -0.2) is 74.8 Å². The largest absolute Gasteiger partial charge is 0.394 e. The van der Waals surface area contributed by atoms with Crippen molar-refractivity contribution in [3.63, 3.8) is 0 Å². The molecule has 2 fully saturated rings. The van der Waals surface area contributed by atoms with Crippen LogP contribution in [0, 0.1) is 0 Å². The van der Waals surface area contributed by atoms with Crippen LogP contribution < -0.4 is 5.32 Å². The SMILES string of the molecule is Cn1cc(CN2CCN3C(=O)[C@H](CO)NC(=O)[C@H]3C2)c(-c2ccccc2)n1. The number of carbonyl (C=O) groups is 2. The lowest BCUT2D eigenvalue weighted by molar-refractivity contribution is -0.154. The second kappa shape index (κ2) is 7.13. The Morgan fingerprint density at radius 2 is 2.00 bits per heavy atom. The van der Waals surface area contributed by atoms with Crippen LogP contribution in [0.2, 0.25) is 0 Å². The Balaban J connectivity index is 1.51. The summed E-state index contributed by atoms with van der Waals surface area (Å²) < 4.78 is 1.80. The first-order chi connectivity index (χ1) is 13.1. The first kappa shape index (κ1) is 17.7. The van der Waals surface area contributed by atoms with Gasteiger partial charge in [-0.3, -0.25) is 19.2 Å². The Labute approximate surface area is 157 Å².